The van der Waals surface area contributed by atoms with Gasteiger partial charge in [0, 0.05) is 97.4 Å². The summed E-state index contributed by atoms with van der Waals surface area (Å²) < 4.78 is 74.3. The Labute approximate surface area is 732 Å². The Balaban J connectivity index is 0.000000180. The van der Waals surface area contributed by atoms with Crippen molar-refractivity contribution in [3.8, 4) is 5.82 Å². The van der Waals surface area contributed by atoms with Crippen LogP contribution in [0.5, 0.6) is 0 Å². The van der Waals surface area contributed by atoms with Crippen molar-refractivity contribution in [3.63, 3.8) is 0 Å². The molecule has 2 unspecified atom stereocenters. The molecule has 4 atom stereocenters. The van der Waals surface area contributed by atoms with E-state index in [1.807, 2.05) is 35.5 Å². The monoisotopic (exact) mass is 1840 g/mol. The molecule has 0 radical (unpaired) electrons. The van der Waals surface area contributed by atoms with Gasteiger partial charge < -0.3 is 29.9 Å². The number of sulfonamides is 2. The number of hydrogen-bond acceptors (Lipinski definition) is 20. The van der Waals surface area contributed by atoms with Crippen LogP contribution in [0.4, 0.5) is 23.3 Å². The summed E-state index contributed by atoms with van der Waals surface area (Å²) in [5.41, 5.74) is -0.0636. The molecule has 8 bridgehead atoms. The van der Waals surface area contributed by atoms with Gasteiger partial charge in [0.1, 0.15) is 64.6 Å². The molecule has 6 aliphatic rings. The predicted octanol–water partition coefficient (Wildman–Crippen LogP) is 17.7. The van der Waals surface area contributed by atoms with Gasteiger partial charge in [-0.15, -0.1) is 0 Å². The number of aromatic nitrogens is 12. The summed E-state index contributed by atoms with van der Waals surface area (Å²) in [4.78, 5) is 48.9. The van der Waals surface area contributed by atoms with Gasteiger partial charge in [0.25, 0.3) is 31.9 Å². The minimum absolute atomic E-state index is 0.123. The van der Waals surface area contributed by atoms with Gasteiger partial charge in [-0.2, -0.15) is 48.3 Å². The summed E-state index contributed by atoms with van der Waals surface area (Å²) in [6, 6.07) is 24.4. The number of nitrogens with one attached hydrogen (secondary N) is 5. The van der Waals surface area contributed by atoms with E-state index in [0.717, 1.165) is 83.0 Å². The summed E-state index contributed by atoms with van der Waals surface area (Å²) in [6.45, 7) is 59.1. The van der Waals surface area contributed by atoms with E-state index in [1.54, 1.807) is 59.4 Å². The van der Waals surface area contributed by atoms with Gasteiger partial charge in [0.2, 0.25) is 0 Å². The molecule has 0 spiro atoms. The average molecular weight is 1840 g/mol. The van der Waals surface area contributed by atoms with Crippen LogP contribution < -0.4 is 45.8 Å². The maximum atomic E-state index is 13.6. The normalized spacial score (nSPS) is 20.8. The van der Waals surface area contributed by atoms with Crippen molar-refractivity contribution in [2.45, 2.75) is 294 Å². The molecule has 0 aliphatic carbocycles. The van der Waals surface area contributed by atoms with Gasteiger partial charge in [0.05, 0.1) is 11.1 Å². The smallest absolute Gasteiger partial charge is 0.281 e. The summed E-state index contributed by atoms with van der Waals surface area (Å²) in [6.07, 6.45) is 22.6. The van der Waals surface area contributed by atoms with Crippen molar-refractivity contribution in [2.24, 2.45) is 11.8 Å². The molecule has 14 rings (SSSR count). The third-order valence-corrected chi connectivity index (χ3v) is 50.3. The van der Waals surface area contributed by atoms with Crippen LogP contribution in [-0.4, -0.2) is 170 Å². The number of fused-ring (bicyclic) bond motifs is 12. The van der Waals surface area contributed by atoms with Crippen molar-refractivity contribution in [2.75, 3.05) is 59.8 Å². The van der Waals surface area contributed by atoms with Gasteiger partial charge in [-0.05, 0) is 225 Å². The van der Waals surface area contributed by atoms with E-state index in [1.165, 1.54) is 48.5 Å². The highest BCUT2D eigenvalue weighted by atomic mass is 79.9. The molecule has 8 aromatic rings. The first-order chi connectivity index (χ1) is 55.6. The molecule has 660 valence electrons. The van der Waals surface area contributed by atoms with Gasteiger partial charge in [-0.25, -0.2) is 43.4 Å². The van der Waals surface area contributed by atoms with Crippen molar-refractivity contribution in [3.05, 3.63) is 132 Å². The minimum Gasteiger partial charge on any atom is -0.370 e. The number of halogens is 2. The van der Waals surface area contributed by atoms with Gasteiger partial charge in [-0.3, -0.25) is 14.7 Å². The fourth-order valence-electron chi connectivity index (χ4n) is 14.6. The van der Waals surface area contributed by atoms with E-state index in [2.05, 4.69) is 267 Å². The molecule has 0 saturated carbocycles. The quantitative estimate of drug-likeness (QED) is 0.0587. The van der Waals surface area contributed by atoms with Crippen molar-refractivity contribution >= 4 is 130 Å². The molecular weight excluding hydrogens is 1700 g/mol. The molecule has 4 saturated heterocycles. The predicted molar refractivity (Wildman–Crippen MR) is 500 cm³/mol. The largest absolute Gasteiger partial charge is 0.370 e. The number of rotatable bonds is 6. The van der Waals surface area contributed by atoms with Gasteiger partial charge in [0.15, 0.2) is 23.3 Å². The van der Waals surface area contributed by atoms with Crippen LogP contribution in [0.15, 0.2) is 131 Å². The summed E-state index contributed by atoms with van der Waals surface area (Å²) in [5, 5.41) is 31.7. The van der Waals surface area contributed by atoms with E-state index in [-0.39, 0.29) is 49.8 Å². The summed E-state index contributed by atoms with van der Waals surface area (Å²) in [7, 11) is -14.5. The van der Waals surface area contributed by atoms with Crippen molar-refractivity contribution in [1.29, 1.82) is 0 Å². The van der Waals surface area contributed by atoms with Crippen LogP contribution >= 0.6 is 27.0 Å². The number of hydrogen-bond donors (Lipinski definition) is 5. The van der Waals surface area contributed by atoms with E-state index in [4.69, 9.17) is 30.6 Å². The molecule has 34 heteroatoms. The lowest BCUT2D eigenvalue weighted by Crippen LogP contribution is -2.53. The van der Waals surface area contributed by atoms with Crippen LogP contribution in [0.1, 0.15) is 221 Å². The van der Waals surface area contributed by atoms with Crippen molar-refractivity contribution < 1.29 is 35.9 Å². The molecule has 8 aromatic heterocycles. The molecule has 26 nitrogen and oxygen atoms in total. The van der Waals surface area contributed by atoms with E-state index in [0.29, 0.717) is 73.7 Å². The van der Waals surface area contributed by atoms with Crippen LogP contribution in [-0.2, 0) is 29.5 Å². The lowest BCUT2D eigenvalue weighted by atomic mass is 9.93. The topological polar surface area (TPSA) is 309 Å². The second kappa shape index (κ2) is 38.7. The lowest BCUT2D eigenvalue weighted by Gasteiger charge is -2.38. The van der Waals surface area contributed by atoms with Crippen LogP contribution in [0, 0.1) is 11.8 Å². The lowest BCUT2D eigenvalue weighted by molar-refractivity contribution is -0.0394. The second-order valence-corrected chi connectivity index (χ2v) is 67.2. The molecule has 120 heavy (non-hydrogen) atoms. The molecular formula is C86H136BrClN18O8S2Si4. The number of nitrogens with zero attached hydrogens (tertiary/aromatic N) is 13. The number of anilines is 4. The fraction of sp³-hybridized carbons (Fsp3) is 0.605. The SMILES string of the molecule is CC(C)(C)[Si](C)(C)Cl.CC(C)(C)[Si](C)(C)c1ccn[nH]1.CC(C)(C)[Si](C)(C)c1ccnn1C1CCCCO1.CC1(C)C[C@@H]2CCCNc3cccc(n3)S(=O)(=O)NC(=O)c3ccc(-n4ccc([Si](C)(C)C(C)(C)C)n4)nc3N1C2.CC1(C)C[C@@H]2CCCNc3cccc(n3)S(=O)(=O)NC(=O)c3ccc(Br)nc3N1C2.c1cnn(C2CCCCO2)c1. The Hall–Kier alpha value is -6.96. The first kappa shape index (κ1) is 96.9. The van der Waals surface area contributed by atoms with Crippen LogP contribution in [0.3, 0.4) is 0 Å². The first-order valence-electron chi connectivity index (χ1n) is 42.5. The number of ether oxygens (including phenoxy) is 2. The van der Waals surface area contributed by atoms with E-state index < -0.39 is 63.5 Å². The van der Waals surface area contributed by atoms with Crippen molar-refractivity contribution in [1.82, 2.24) is 68.9 Å². The first-order valence-corrected chi connectivity index (χ1v) is 59.2. The van der Waals surface area contributed by atoms with E-state index >= 15 is 0 Å². The number of H-pyrrole nitrogens is 1. The molecule has 4 fully saturated rings. The highest BCUT2D eigenvalue weighted by molar-refractivity contribution is 9.10. The number of carbonyl (C=O) groups is 2. The molecule has 0 aromatic carbocycles. The second-order valence-electron chi connectivity index (χ2n) is 40.0. The zero-order chi connectivity index (χ0) is 88.6. The highest BCUT2D eigenvalue weighted by Gasteiger charge is 2.46. The fourth-order valence-corrected chi connectivity index (χ4v) is 22.0. The number of pyridine rings is 4. The number of amides is 2. The number of aromatic amines is 1. The molecule has 14 heterocycles. The Bertz CT molecular complexity index is 4950. The third kappa shape index (κ3) is 24.1. The van der Waals surface area contributed by atoms with Gasteiger partial charge >= 0.3 is 0 Å². The van der Waals surface area contributed by atoms with E-state index in [9.17, 15) is 26.4 Å². The Morgan fingerprint density at radius 2 is 1.01 bits per heavy atom. The molecule has 5 N–H and O–H groups in total. The zero-order valence-electron chi connectivity index (χ0n) is 75.7. The summed E-state index contributed by atoms with van der Waals surface area (Å²) in [5.74, 6) is 1.85. The Morgan fingerprint density at radius 1 is 0.517 bits per heavy atom. The maximum absolute atomic E-state index is 13.6. The minimum atomic E-state index is -4.21. The average Bonchev–Trinajstić information content (AvgIpc) is 1.49. The standard InChI is InChI=1S/C29H41N7O3SSi.C20H24BrN5O3S.C14H26N2OSi.C9H18N2Si.C8H12N2O.C6H15ClSi/c1-28(2,3)41(6,7)25-15-17-36(33-25)23-14-13-21-26(32-23)35-19-20(18-29(35,4)5)10-9-16-30-22-11-8-12-24(31-22)40(38,39)34-27(21)37;1-20(2)11-13-5-4-10-22-16-6-3-7-17(24-16)30(28,29)25-19(27)14-8-9-15(21)23-18(14)26(20)12-13;1-14(2,3)18(4,5)13-9-10-15-16(13)12-8-6-7-11-17-12;1-9(2,3)12(4,5)8-6-7-10-11-8;1-2-7-11-8(4-1)10-6-3-5-9-10;1-6(2,3)8(4,5)7/h8,11-15,17,20H,9-10,16,18-19H2,1-7H3,(H,30,31)(H,34,37);3,6-9,13H,4-5,10-12H2,1-2H3,(H,22,24)(H,25,27);9-10,12H,6-8,11H2,1-5H3;6-7H,1-5H3,(H,10,11);3,5-6,8H,1-2,4,7H2;1-5H3/t20-;13-;;;;/m00..../s1. The van der Waals surface area contributed by atoms with Crippen LogP contribution in [0.2, 0.25) is 72.5 Å². The van der Waals surface area contributed by atoms with Crippen LogP contribution in [0.25, 0.3) is 5.82 Å². The molecule has 6 aliphatic heterocycles. The third-order valence-electron chi connectivity index (χ3n) is 26.0. The Morgan fingerprint density at radius 3 is 1.46 bits per heavy atom. The Kier molecular flexibility index (Phi) is 31.2. The number of carbonyl (C=O) groups excluding carboxylic acids is 2. The zero-order valence-corrected chi connectivity index (χ0v) is 83.6. The maximum Gasteiger partial charge on any atom is 0.281 e. The molecule has 2 amide bonds. The van der Waals surface area contributed by atoms with Gasteiger partial charge in [-0.1, -0.05) is 148 Å². The highest BCUT2D eigenvalue weighted by Crippen LogP contribution is 2.44. The summed E-state index contributed by atoms with van der Waals surface area (Å²) >= 11 is 9.53.